The van der Waals surface area contributed by atoms with Gasteiger partial charge in [0.25, 0.3) is 0 Å². The van der Waals surface area contributed by atoms with E-state index in [1.54, 1.807) is 19.1 Å². The molecule has 2 aromatic carbocycles. The zero-order chi connectivity index (χ0) is 22.5. The van der Waals surface area contributed by atoms with Crippen LogP contribution in [0.4, 0.5) is 0 Å². The number of amides is 2. The highest BCUT2D eigenvalue weighted by Crippen LogP contribution is 2.17. The van der Waals surface area contributed by atoms with E-state index in [1.165, 1.54) is 31.1 Å². The van der Waals surface area contributed by atoms with Crippen LogP contribution >= 0.6 is 0 Å². The van der Waals surface area contributed by atoms with E-state index in [9.17, 15) is 18.0 Å². The van der Waals surface area contributed by atoms with E-state index in [2.05, 4.69) is 5.32 Å². The second-order valence-electron chi connectivity index (χ2n) is 7.31. The first-order valence-electron chi connectivity index (χ1n) is 9.66. The molecule has 0 aromatic heterocycles. The zero-order valence-electron chi connectivity index (χ0n) is 18.0. The van der Waals surface area contributed by atoms with Gasteiger partial charge in [-0.2, -0.15) is 4.31 Å². The fraction of sp³-hybridized carbons (Fsp3) is 0.364. The molecule has 1 N–H and O–H groups in total. The molecule has 0 spiro atoms. The maximum absolute atomic E-state index is 13.1. The van der Waals surface area contributed by atoms with Gasteiger partial charge in [-0.25, -0.2) is 8.42 Å². The number of rotatable bonds is 8. The van der Waals surface area contributed by atoms with E-state index in [0.29, 0.717) is 0 Å². The topological polar surface area (TPSA) is 86.8 Å². The highest BCUT2D eigenvalue weighted by atomic mass is 32.2. The van der Waals surface area contributed by atoms with Crippen LogP contribution in [0, 0.1) is 13.8 Å². The van der Waals surface area contributed by atoms with Crippen molar-refractivity contribution in [3.05, 3.63) is 65.2 Å². The van der Waals surface area contributed by atoms with Crippen LogP contribution in [0.5, 0.6) is 0 Å². The average Bonchev–Trinajstić information content (AvgIpc) is 2.72. The van der Waals surface area contributed by atoms with Gasteiger partial charge in [0.1, 0.15) is 6.04 Å². The normalized spacial score (nSPS) is 12.5. The summed E-state index contributed by atoms with van der Waals surface area (Å²) in [4.78, 5) is 26.9. The Balaban J connectivity index is 2.27. The van der Waals surface area contributed by atoms with E-state index in [-0.39, 0.29) is 23.9 Å². The third kappa shape index (κ3) is 5.46. The van der Waals surface area contributed by atoms with Crippen molar-refractivity contribution >= 4 is 21.8 Å². The molecule has 1 atom stereocenters. The first kappa shape index (κ1) is 23.6. The molecular formula is C22H29N3O4S. The van der Waals surface area contributed by atoms with Crippen molar-refractivity contribution in [3.8, 4) is 0 Å². The summed E-state index contributed by atoms with van der Waals surface area (Å²) in [5, 5.41) is 2.55. The van der Waals surface area contributed by atoms with Crippen molar-refractivity contribution in [1.29, 1.82) is 0 Å². The standard InChI is InChI=1S/C22H29N3O4S/c1-16-10-12-20(13-11-16)30(28,29)24(5)15-21(26)25(18(3)22(27)23-4)14-19-9-7-6-8-17(19)2/h6-13,18H,14-15H2,1-5H3,(H,23,27). The lowest BCUT2D eigenvalue weighted by Gasteiger charge is -2.30. The Morgan fingerprint density at radius 2 is 1.63 bits per heavy atom. The van der Waals surface area contributed by atoms with Gasteiger partial charge in [0.15, 0.2) is 0 Å². The van der Waals surface area contributed by atoms with Crippen molar-refractivity contribution in [2.24, 2.45) is 0 Å². The van der Waals surface area contributed by atoms with E-state index in [1.807, 2.05) is 38.1 Å². The first-order valence-corrected chi connectivity index (χ1v) is 11.1. The van der Waals surface area contributed by atoms with Gasteiger partial charge in [0, 0.05) is 20.6 Å². The van der Waals surface area contributed by atoms with E-state index in [4.69, 9.17) is 0 Å². The number of aryl methyl sites for hydroxylation is 2. The molecule has 0 saturated heterocycles. The van der Waals surface area contributed by atoms with Gasteiger partial charge in [0.05, 0.1) is 11.4 Å². The van der Waals surface area contributed by atoms with Gasteiger partial charge in [-0.05, 0) is 44.0 Å². The largest absolute Gasteiger partial charge is 0.357 e. The molecule has 0 bridgehead atoms. The number of nitrogens with one attached hydrogen (secondary N) is 1. The smallest absolute Gasteiger partial charge is 0.243 e. The van der Waals surface area contributed by atoms with Gasteiger partial charge in [-0.15, -0.1) is 0 Å². The van der Waals surface area contributed by atoms with Crippen molar-refractivity contribution in [2.45, 2.75) is 38.3 Å². The van der Waals surface area contributed by atoms with Crippen LogP contribution in [-0.4, -0.2) is 56.1 Å². The van der Waals surface area contributed by atoms with Crippen LogP contribution < -0.4 is 5.32 Å². The van der Waals surface area contributed by atoms with E-state index >= 15 is 0 Å². The zero-order valence-corrected chi connectivity index (χ0v) is 18.9. The number of nitrogens with zero attached hydrogens (tertiary/aromatic N) is 2. The molecule has 2 aromatic rings. The summed E-state index contributed by atoms with van der Waals surface area (Å²) >= 11 is 0. The molecule has 162 valence electrons. The fourth-order valence-corrected chi connectivity index (χ4v) is 4.14. The second kappa shape index (κ2) is 9.86. The molecule has 0 saturated carbocycles. The van der Waals surface area contributed by atoms with Gasteiger partial charge in [-0.1, -0.05) is 42.0 Å². The minimum atomic E-state index is -3.83. The van der Waals surface area contributed by atoms with Crippen LogP contribution in [0.15, 0.2) is 53.4 Å². The number of hydrogen-bond acceptors (Lipinski definition) is 4. The highest BCUT2D eigenvalue weighted by Gasteiger charge is 2.30. The summed E-state index contributed by atoms with van der Waals surface area (Å²) in [6.07, 6.45) is 0. The van der Waals surface area contributed by atoms with E-state index < -0.39 is 22.0 Å². The molecular weight excluding hydrogens is 402 g/mol. The lowest BCUT2D eigenvalue weighted by atomic mass is 10.1. The quantitative estimate of drug-likeness (QED) is 0.693. The molecule has 7 nitrogen and oxygen atoms in total. The van der Waals surface area contributed by atoms with Crippen LogP contribution in [0.3, 0.4) is 0 Å². The third-order valence-electron chi connectivity index (χ3n) is 5.10. The van der Waals surface area contributed by atoms with Crippen LogP contribution in [-0.2, 0) is 26.2 Å². The number of carbonyl (C=O) groups is 2. The van der Waals surface area contributed by atoms with Gasteiger partial charge in [0.2, 0.25) is 21.8 Å². The molecule has 0 aliphatic heterocycles. The lowest BCUT2D eigenvalue weighted by molar-refractivity contribution is -0.140. The molecule has 1 unspecified atom stereocenters. The molecule has 0 fully saturated rings. The Hall–Kier alpha value is -2.71. The van der Waals surface area contributed by atoms with Crippen LogP contribution in [0.1, 0.15) is 23.6 Å². The number of hydrogen-bond donors (Lipinski definition) is 1. The Labute approximate surface area is 178 Å². The molecule has 8 heteroatoms. The summed E-state index contributed by atoms with van der Waals surface area (Å²) in [5.41, 5.74) is 2.82. The molecule has 2 rings (SSSR count). The predicted octanol–water partition coefficient (Wildman–Crippen LogP) is 2.09. The maximum Gasteiger partial charge on any atom is 0.243 e. The lowest BCUT2D eigenvalue weighted by Crippen LogP contribution is -2.50. The van der Waals surface area contributed by atoms with Crippen molar-refractivity contribution in [2.75, 3.05) is 20.6 Å². The summed E-state index contributed by atoms with van der Waals surface area (Å²) in [7, 11) is -0.964. The monoisotopic (exact) mass is 431 g/mol. The van der Waals surface area contributed by atoms with Gasteiger partial charge >= 0.3 is 0 Å². The van der Waals surface area contributed by atoms with Gasteiger partial charge in [-0.3, -0.25) is 9.59 Å². The molecule has 0 aliphatic carbocycles. The Morgan fingerprint density at radius 1 is 1.03 bits per heavy atom. The minimum Gasteiger partial charge on any atom is -0.357 e. The number of sulfonamides is 1. The molecule has 0 heterocycles. The maximum atomic E-state index is 13.1. The molecule has 0 aliphatic rings. The van der Waals surface area contributed by atoms with Crippen molar-refractivity contribution in [1.82, 2.24) is 14.5 Å². The fourth-order valence-electron chi connectivity index (χ4n) is 3.02. The van der Waals surface area contributed by atoms with Crippen LogP contribution in [0.2, 0.25) is 0 Å². The van der Waals surface area contributed by atoms with Crippen LogP contribution in [0.25, 0.3) is 0 Å². The number of benzene rings is 2. The Morgan fingerprint density at radius 3 is 2.20 bits per heavy atom. The predicted molar refractivity (Wildman–Crippen MR) is 116 cm³/mol. The van der Waals surface area contributed by atoms with Crippen molar-refractivity contribution < 1.29 is 18.0 Å². The highest BCUT2D eigenvalue weighted by molar-refractivity contribution is 7.89. The first-order chi connectivity index (χ1) is 14.1. The summed E-state index contributed by atoms with van der Waals surface area (Å²) in [6.45, 7) is 5.26. The number of likely N-dealkylation sites (N-methyl/N-ethyl adjacent to an activating group) is 2. The Bertz CT molecular complexity index is 1000. The number of carbonyl (C=O) groups excluding carboxylic acids is 2. The summed E-state index contributed by atoms with van der Waals surface area (Å²) in [6, 6.07) is 13.3. The summed E-state index contributed by atoms with van der Waals surface area (Å²) in [5.74, 6) is -0.770. The SMILES string of the molecule is CNC(=O)C(C)N(Cc1ccccc1C)C(=O)CN(C)S(=O)(=O)c1ccc(C)cc1. The van der Waals surface area contributed by atoms with E-state index in [0.717, 1.165) is 21.0 Å². The second-order valence-corrected chi connectivity index (χ2v) is 9.36. The van der Waals surface area contributed by atoms with Crippen molar-refractivity contribution in [3.63, 3.8) is 0 Å². The molecule has 2 amide bonds. The molecule has 0 radical (unpaired) electrons. The summed E-state index contributed by atoms with van der Waals surface area (Å²) < 4.78 is 26.7. The Kier molecular flexibility index (Phi) is 7.75. The minimum absolute atomic E-state index is 0.119. The van der Waals surface area contributed by atoms with Gasteiger partial charge < -0.3 is 10.2 Å². The molecule has 30 heavy (non-hydrogen) atoms. The average molecular weight is 432 g/mol. The third-order valence-corrected chi connectivity index (χ3v) is 6.92.